The zero-order valence-electron chi connectivity index (χ0n) is 10.3. The maximum Gasteiger partial charge on any atom is 0.253 e. The van der Waals surface area contributed by atoms with Crippen LogP contribution < -0.4 is 11.1 Å². The molecule has 1 amide bonds. The molecule has 0 saturated heterocycles. The minimum absolute atomic E-state index is 0.244. The highest BCUT2D eigenvalue weighted by Crippen LogP contribution is 2.27. The normalized spacial score (nSPS) is 18.3. The summed E-state index contributed by atoms with van der Waals surface area (Å²) in [5.41, 5.74) is 5.70. The molecule has 4 nitrogen and oxygen atoms in total. The summed E-state index contributed by atoms with van der Waals surface area (Å²) < 4.78 is 13.0. The fraction of sp³-hybridized carbons (Fsp3) is 0.538. The van der Waals surface area contributed by atoms with Gasteiger partial charge in [-0.3, -0.25) is 9.78 Å². The van der Waals surface area contributed by atoms with Gasteiger partial charge in [0.1, 0.15) is 5.82 Å². The number of rotatable bonds is 3. The average molecular weight is 251 g/mol. The van der Waals surface area contributed by atoms with Crippen LogP contribution in [0.3, 0.4) is 0 Å². The van der Waals surface area contributed by atoms with Gasteiger partial charge < -0.3 is 11.1 Å². The molecule has 0 aromatic carbocycles. The topological polar surface area (TPSA) is 68.0 Å². The number of carbonyl (C=O) groups excluding carboxylic acids is 1. The van der Waals surface area contributed by atoms with E-state index >= 15 is 0 Å². The van der Waals surface area contributed by atoms with Crippen LogP contribution in [-0.4, -0.2) is 23.0 Å². The summed E-state index contributed by atoms with van der Waals surface area (Å²) in [6.07, 6.45) is 7.54. The summed E-state index contributed by atoms with van der Waals surface area (Å²) in [4.78, 5) is 15.7. The Morgan fingerprint density at radius 3 is 2.72 bits per heavy atom. The first-order valence-electron chi connectivity index (χ1n) is 6.28. The number of nitrogens with one attached hydrogen (secondary N) is 1. The lowest BCUT2D eigenvalue weighted by atomic mass is 9.81. The van der Waals surface area contributed by atoms with Crippen molar-refractivity contribution in [1.29, 1.82) is 0 Å². The molecule has 0 atom stereocenters. The number of hydrogen-bond acceptors (Lipinski definition) is 3. The molecule has 0 spiro atoms. The second-order valence-electron chi connectivity index (χ2n) is 4.89. The third-order valence-electron chi connectivity index (χ3n) is 3.55. The van der Waals surface area contributed by atoms with Crippen LogP contribution in [0.15, 0.2) is 18.5 Å². The first-order valence-corrected chi connectivity index (χ1v) is 6.28. The van der Waals surface area contributed by atoms with E-state index in [0.717, 1.165) is 31.9 Å². The molecule has 1 saturated carbocycles. The minimum atomic E-state index is -0.506. The van der Waals surface area contributed by atoms with E-state index in [1.54, 1.807) is 0 Å². The Bertz CT molecular complexity index is 430. The number of amides is 1. The average Bonchev–Trinajstić information content (AvgIpc) is 2.40. The van der Waals surface area contributed by atoms with Crippen molar-refractivity contribution in [1.82, 2.24) is 10.3 Å². The second-order valence-corrected chi connectivity index (χ2v) is 4.89. The summed E-state index contributed by atoms with van der Waals surface area (Å²) in [5.74, 6) is -0.803. The van der Waals surface area contributed by atoms with Crippen molar-refractivity contribution in [3.8, 4) is 0 Å². The zero-order valence-corrected chi connectivity index (χ0v) is 10.3. The van der Waals surface area contributed by atoms with Gasteiger partial charge in [-0.05, 0) is 18.9 Å². The molecule has 1 fully saturated rings. The monoisotopic (exact) mass is 251 g/mol. The smallest absolute Gasteiger partial charge is 0.253 e. The van der Waals surface area contributed by atoms with Crippen LogP contribution in [-0.2, 0) is 0 Å². The fourth-order valence-corrected chi connectivity index (χ4v) is 2.46. The van der Waals surface area contributed by atoms with Gasteiger partial charge in [0.25, 0.3) is 5.91 Å². The summed E-state index contributed by atoms with van der Waals surface area (Å²) in [7, 11) is 0. The van der Waals surface area contributed by atoms with Gasteiger partial charge in [-0.1, -0.05) is 19.3 Å². The first-order chi connectivity index (χ1) is 8.65. The van der Waals surface area contributed by atoms with Gasteiger partial charge in [0, 0.05) is 12.7 Å². The molecule has 1 aliphatic carbocycles. The van der Waals surface area contributed by atoms with E-state index in [4.69, 9.17) is 5.73 Å². The molecule has 18 heavy (non-hydrogen) atoms. The van der Waals surface area contributed by atoms with Gasteiger partial charge in [0.05, 0.1) is 17.3 Å². The minimum Gasteiger partial charge on any atom is -0.345 e. The molecule has 1 heterocycles. The maximum absolute atomic E-state index is 13.0. The van der Waals surface area contributed by atoms with Crippen molar-refractivity contribution < 1.29 is 9.18 Å². The lowest BCUT2D eigenvalue weighted by Crippen LogP contribution is -2.54. The summed E-state index contributed by atoms with van der Waals surface area (Å²) in [6.45, 7) is 0.418. The Kier molecular flexibility index (Phi) is 3.91. The Hall–Kier alpha value is -1.49. The largest absolute Gasteiger partial charge is 0.345 e. The van der Waals surface area contributed by atoms with Gasteiger partial charge >= 0.3 is 0 Å². The SMILES string of the molecule is NCC1(NC(=O)c2cncc(F)c2)CCCCC1. The molecule has 3 N–H and O–H groups in total. The fourth-order valence-electron chi connectivity index (χ4n) is 2.46. The van der Waals surface area contributed by atoms with Crippen molar-refractivity contribution in [2.24, 2.45) is 5.73 Å². The van der Waals surface area contributed by atoms with Crippen LogP contribution in [0.4, 0.5) is 4.39 Å². The van der Waals surface area contributed by atoms with E-state index in [1.165, 1.54) is 18.7 Å². The van der Waals surface area contributed by atoms with Crippen LogP contribution >= 0.6 is 0 Å². The highest BCUT2D eigenvalue weighted by atomic mass is 19.1. The Morgan fingerprint density at radius 2 is 2.11 bits per heavy atom. The number of hydrogen-bond donors (Lipinski definition) is 2. The standard InChI is InChI=1S/C13H18FN3O/c14-11-6-10(7-16-8-11)12(18)17-13(9-15)4-2-1-3-5-13/h6-8H,1-5,9,15H2,(H,17,18). The summed E-state index contributed by atoms with van der Waals surface area (Å²) in [6, 6.07) is 1.19. The maximum atomic E-state index is 13.0. The van der Waals surface area contributed by atoms with E-state index in [0.29, 0.717) is 6.54 Å². The van der Waals surface area contributed by atoms with Gasteiger partial charge in [0.2, 0.25) is 0 Å². The summed E-state index contributed by atoms with van der Waals surface area (Å²) >= 11 is 0. The zero-order chi connectivity index (χ0) is 13.0. The van der Waals surface area contributed by atoms with E-state index in [9.17, 15) is 9.18 Å². The molecule has 0 radical (unpaired) electrons. The molecule has 2 rings (SSSR count). The molecule has 1 aliphatic rings. The molecule has 1 aromatic rings. The number of nitrogens with two attached hydrogens (primary N) is 1. The molecule has 5 heteroatoms. The Labute approximate surface area is 106 Å². The molecular formula is C13H18FN3O. The van der Waals surface area contributed by atoms with E-state index in [-0.39, 0.29) is 17.0 Å². The van der Waals surface area contributed by atoms with Crippen LogP contribution in [0.1, 0.15) is 42.5 Å². The highest BCUT2D eigenvalue weighted by Gasteiger charge is 2.32. The van der Waals surface area contributed by atoms with E-state index in [2.05, 4.69) is 10.3 Å². The quantitative estimate of drug-likeness (QED) is 0.857. The van der Waals surface area contributed by atoms with Crippen molar-refractivity contribution in [3.63, 3.8) is 0 Å². The van der Waals surface area contributed by atoms with Crippen molar-refractivity contribution >= 4 is 5.91 Å². The summed E-state index contributed by atoms with van der Waals surface area (Å²) in [5, 5.41) is 2.95. The van der Waals surface area contributed by atoms with Crippen LogP contribution in [0.25, 0.3) is 0 Å². The highest BCUT2D eigenvalue weighted by molar-refractivity contribution is 5.94. The van der Waals surface area contributed by atoms with Crippen LogP contribution in [0, 0.1) is 5.82 Å². The second kappa shape index (κ2) is 5.44. The Morgan fingerprint density at radius 1 is 1.39 bits per heavy atom. The molecule has 1 aromatic heterocycles. The third-order valence-corrected chi connectivity index (χ3v) is 3.55. The number of halogens is 1. The van der Waals surface area contributed by atoms with Gasteiger partial charge in [-0.25, -0.2) is 4.39 Å². The number of aromatic nitrogens is 1. The molecular weight excluding hydrogens is 233 g/mol. The lowest BCUT2D eigenvalue weighted by molar-refractivity contribution is 0.0873. The molecule has 98 valence electrons. The van der Waals surface area contributed by atoms with Gasteiger partial charge in [-0.2, -0.15) is 0 Å². The van der Waals surface area contributed by atoms with E-state index in [1.807, 2.05) is 0 Å². The molecule has 0 unspecified atom stereocenters. The van der Waals surface area contributed by atoms with Crippen LogP contribution in [0.5, 0.6) is 0 Å². The third kappa shape index (κ3) is 2.85. The Balaban J connectivity index is 2.10. The first kappa shape index (κ1) is 13.0. The molecule has 0 aliphatic heterocycles. The number of carbonyl (C=O) groups is 1. The predicted octanol–water partition coefficient (Wildman–Crippen LogP) is 1.61. The number of pyridine rings is 1. The predicted molar refractivity (Wildman–Crippen MR) is 66.5 cm³/mol. The molecule has 0 bridgehead atoms. The number of nitrogens with zero attached hydrogens (tertiary/aromatic N) is 1. The van der Waals surface area contributed by atoms with E-state index < -0.39 is 5.82 Å². The van der Waals surface area contributed by atoms with Crippen molar-refractivity contribution in [3.05, 3.63) is 29.8 Å². The van der Waals surface area contributed by atoms with Gasteiger partial charge in [0.15, 0.2) is 0 Å². The van der Waals surface area contributed by atoms with Crippen molar-refractivity contribution in [2.45, 2.75) is 37.6 Å². The van der Waals surface area contributed by atoms with Crippen LogP contribution in [0.2, 0.25) is 0 Å². The van der Waals surface area contributed by atoms with Crippen molar-refractivity contribution in [2.75, 3.05) is 6.54 Å². The lowest BCUT2D eigenvalue weighted by Gasteiger charge is -2.37. The van der Waals surface area contributed by atoms with Gasteiger partial charge in [-0.15, -0.1) is 0 Å².